The molecular weight excluding hydrogens is 722 g/mol. The number of aliphatic hydroxyl groups is 1. The van der Waals surface area contributed by atoms with Crippen LogP contribution < -0.4 is 0 Å². The van der Waals surface area contributed by atoms with Gasteiger partial charge in [0.05, 0.1) is 30.2 Å². The van der Waals surface area contributed by atoms with E-state index in [4.69, 9.17) is 23.7 Å². The summed E-state index contributed by atoms with van der Waals surface area (Å²) in [5.74, 6) is -3.73. The summed E-state index contributed by atoms with van der Waals surface area (Å²) in [6.07, 6.45) is -0.206. The van der Waals surface area contributed by atoms with Gasteiger partial charge >= 0.3 is 12.1 Å². The zero-order valence-electron chi connectivity index (χ0n) is 35.0. The number of pyridine rings is 1. The molecule has 2 aromatic heterocycles. The molecule has 0 spiro atoms. The van der Waals surface area contributed by atoms with Crippen LogP contribution in [0.5, 0.6) is 0 Å². The van der Waals surface area contributed by atoms with Crippen molar-refractivity contribution in [3.05, 3.63) is 24.7 Å². The van der Waals surface area contributed by atoms with Gasteiger partial charge in [0.2, 0.25) is 0 Å². The third-order valence-corrected chi connectivity index (χ3v) is 12.4. The largest absolute Gasteiger partial charge is 0.458 e. The fourth-order valence-corrected chi connectivity index (χ4v) is 8.97. The van der Waals surface area contributed by atoms with Crippen molar-refractivity contribution in [3.8, 4) is 0 Å². The zero-order chi connectivity index (χ0) is 41.3. The van der Waals surface area contributed by atoms with Crippen molar-refractivity contribution in [3.63, 3.8) is 0 Å². The van der Waals surface area contributed by atoms with E-state index in [0.717, 1.165) is 11.2 Å². The molecule has 15 nitrogen and oxygen atoms in total. The Balaban J connectivity index is 1.46. The van der Waals surface area contributed by atoms with Crippen molar-refractivity contribution in [1.82, 2.24) is 24.3 Å². The number of ketones is 2. The number of amides is 1. The quantitative estimate of drug-likeness (QED) is 0.204. The van der Waals surface area contributed by atoms with Crippen molar-refractivity contribution >= 4 is 34.8 Å². The van der Waals surface area contributed by atoms with E-state index in [1.54, 1.807) is 38.2 Å². The number of esters is 1. The lowest BCUT2D eigenvalue weighted by Gasteiger charge is -2.47. The van der Waals surface area contributed by atoms with Crippen LogP contribution in [-0.2, 0) is 44.6 Å². The van der Waals surface area contributed by atoms with Gasteiger partial charge < -0.3 is 43.2 Å². The van der Waals surface area contributed by atoms with Gasteiger partial charge in [-0.15, -0.1) is 0 Å². The van der Waals surface area contributed by atoms with E-state index in [1.807, 2.05) is 56.5 Å². The number of unbranched alkanes of at least 4 members (excludes halogenated alkanes) is 1. The average molecular weight is 786 g/mol. The predicted octanol–water partition coefficient (Wildman–Crippen LogP) is 4.42. The first-order valence-corrected chi connectivity index (χ1v) is 20.1. The highest BCUT2D eigenvalue weighted by Crippen LogP contribution is 2.41. The Kier molecular flexibility index (Phi) is 13.7. The Bertz CT molecular complexity index is 1720. The van der Waals surface area contributed by atoms with Crippen molar-refractivity contribution in [2.24, 2.45) is 23.2 Å². The molecule has 5 heterocycles. The van der Waals surface area contributed by atoms with E-state index in [2.05, 4.69) is 9.97 Å². The lowest BCUT2D eigenvalue weighted by molar-refractivity contribution is -0.295. The van der Waals surface area contributed by atoms with Gasteiger partial charge in [-0.1, -0.05) is 27.7 Å². The standard InChI is InChI=1S/C41H63N5O10/c1-12-29-33-30(46(39(51)55-33)19-14-13-18-45-22-43-27-16-15-17-42-36(27)45)25(4)31(47)23(2)21-41(8,52-11)35(26(5)34(49)40(6,7)38(50)54-29)56-37-32(48)28(44(9)10)20-24(3)53-37/h15-17,22-26,28-30,32-33,35,37,48H,12-14,18-21H2,1-11H3/t23-,24-,25-,26+,28+,29-,30-,32-,33?,35-,37?,41+/m1/s1. The van der Waals surface area contributed by atoms with E-state index in [1.165, 1.54) is 21.0 Å². The number of hydrogen-bond acceptors (Lipinski definition) is 13. The summed E-state index contributed by atoms with van der Waals surface area (Å²) in [6.45, 7) is 14.7. The molecule has 0 bridgehead atoms. The van der Waals surface area contributed by atoms with Crippen molar-refractivity contribution in [2.45, 2.75) is 149 Å². The lowest BCUT2D eigenvalue weighted by Crippen LogP contribution is -2.60. The normalized spacial score (nSPS) is 36.0. The van der Waals surface area contributed by atoms with Gasteiger partial charge in [-0.05, 0) is 86.0 Å². The molecule has 15 heteroatoms. The first kappa shape index (κ1) is 43.6. The Hall–Kier alpha value is -3.50. The van der Waals surface area contributed by atoms with E-state index in [9.17, 15) is 24.3 Å². The molecule has 3 saturated heterocycles. The molecule has 2 aromatic rings. The first-order chi connectivity index (χ1) is 26.4. The van der Waals surface area contributed by atoms with E-state index in [-0.39, 0.29) is 30.8 Å². The number of ether oxygens (including phenoxy) is 5. The molecule has 0 radical (unpaired) electrons. The highest BCUT2D eigenvalue weighted by Gasteiger charge is 2.55. The molecule has 1 amide bonds. The minimum absolute atomic E-state index is 0.131. The van der Waals surface area contributed by atoms with Crippen LogP contribution >= 0.6 is 0 Å². The molecule has 3 aliphatic heterocycles. The fraction of sp³-hybridized carbons (Fsp3) is 0.756. The van der Waals surface area contributed by atoms with E-state index < -0.39 is 83.4 Å². The second kappa shape index (κ2) is 17.6. The SMILES string of the molecule is CC[C@H]1OC(=O)C(C)(C)C(=O)[C@H](C)[C@@H](OC2O[C@H](C)C[C@H](N(C)C)[C@H]2O)[C@@](C)(OC)C[C@@H](C)C(=O)[C@H](C)[C@@H]2C1OC(=O)N2CCCCn1cnc2cccnc21. The van der Waals surface area contributed by atoms with Crippen LogP contribution in [-0.4, -0.2) is 135 Å². The number of fused-ring (bicyclic) bond motifs is 2. The molecule has 0 aromatic carbocycles. The van der Waals surface area contributed by atoms with Gasteiger partial charge in [-0.25, -0.2) is 14.8 Å². The van der Waals surface area contributed by atoms with Gasteiger partial charge in [0.1, 0.15) is 28.9 Å². The van der Waals surface area contributed by atoms with Crippen LogP contribution in [0.1, 0.15) is 87.5 Å². The van der Waals surface area contributed by atoms with Gasteiger partial charge in [0.25, 0.3) is 0 Å². The minimum atomic E-state index is -1.66. The molecule has 312 valence electrons. The van der Waals surface area contributed by atoms with Crippen molar-refractivity contribution < 1.29 is 48.0 Å². The molecule has 56 heavy (non-hydrogen) atoms. The molecule has 3 fully saturated rings. The number of likely N-dealkylation sites (N-methyl/N-ethyl adjacent to an activating group) is 1. The number of Topliss-reactive ketones (excluding diaryl/α,β-unsaturated/α-hetero) is 2. The topological polar surface area (TPSA) is 172 Å². The number of nitrogens with zero attached hydrogens (tertiary/aromatic N) is 5. The second-order valence-corrected chi connectivity index (χ2v) is 17.1. The first-order valence-electron chi connectivity index (χ1n) is 20.1. The van der Waals surface area contributed by atoms with Crippen LogP contribution in [0.25, 0.3) is 11.2 Å². The summed E-state index contributed by atoms with van der Waals surface area (Å²) in [5.41, 5.74) is -1.35. The van der Waals surface area contributed by atoms with Crippen LogP contribution in [0.2, 0.25) is 0 Å². The number of aliphatic hydroxyl groups excluding tert-OH is 1. The summed E-state index contributed by atoms with van der Waals surface area (Å²) in [5, 5.41) is 11.5. The van der Waals surface area contributed by atoms with Crippen molar-refractivity contribution in [1.29, 1.82) is 0 Å². The summed E-state index contributed by atoms with van der Waals surface area (Å²) < 4.78 is 33.0. The number of cyclic esters (lactones) is 1. The molecule has 12 atom stereocenters. The third kappa shape index (κ3) is 8.66. The monoisotopic (exact) mass is 785 g/mol. The summed E-state index contributed by atoms with van der Waals surface area (Å²) in [4.78, 5) is 69.3. The predicted molar refractivity (Wildman–Crippen MR) is 206 cm³/mol. The molecule has 5 rings (SSSR count). The maximum Gasteiger partial charge on any atom is 0.410 e. The van der Waals surface area contributed by atoms with Crippen LogP contribution in [0.15, 0.2) is 24.7 Å². The Morgan fingerprint density at radius 2 is 1.70 bits per heavy atom. The number of carbonyl (C=O) groups is 4. The Morgan fingerprint density at radius 1 is 1.00 bits per heavy atom. The van der Waals surface area contributed by atoms with Crippen LogP contribution in [0.4, 0.5) is 4.79 Å². The van der Waals surface area contributed by atoms with Crippen LogP contribution in [0.3, 0.4) is 0 Å². The highest BCUT2D eigenvalue weighted by atomic mass is 16.7. The molecule has 2 unspecified atom stereocenters. The highest BCUT2D eigenvalue weighted by molar-refractivity contribution is 6.04. The smallest absolute Gasteiger partial charge is 0.410 e. The molecule has 1 N–H and O–H groups in total. The number of aromatic nitrogens is 3. The van der Waals surface area contributed by atoms with Gasteiger partial charge in [0.15, 0.2) is 23.8 Å². The second-order valence-electron chi connectivity index (χ2n) is 17.1. The third-order valence-electron chi connectivity index (χ3n) is 12.4. The number of carbonyl (C=O) groups excluding carboxylic acids is 4. The summed E-state index contributed by atoms with van der Waals surface area (Å²) in [7, 11) is 5.24. The Labute approximate surface area is 330 Å². The van der Waals surface area contributed by atoms with Crippen LogP contribution in [0, 0.1) is 23.2 Å². The zero-order valence-corrected chi connectivity index (χ0v) is 35.0. The Morgan fingerprint density at radius 3 is 2.36 bits per heavy atom. The number of hydrogen-bond donors (Lipinski definition) is 1. The van der Waals surface area contributed by atoms with Crippen molar-refractivity contribution in [2.75, 3.05) is 27.7 Å². The molecular formula is C41H63N5O10. The molecule has 0 saturated carbocycles. The minimum Gasteiger partial charge on any atom is -0.458 e. The molecule has 0 aliphatic carbocycles. The fourth-order valence-electron chi connectivity index (χ4n) is 8.97. The number of methoxy groups -OCH3 is 1. The van der Waals surface area contributed by atoms with E-state index >= 15 is 0 Å². The lowest BCUT2D eigenvalue weighted by atomic mass is 9.72. The number of imidazole rings is 1. The summed E-state index contributed by atoms with van der Waals surface area (Å²) >= 11 is 0. The maximum absolute atomic E-state index is 14.6. The number of aryl methyl sites for hydroxylation is 1. The number of rotatable bonds is 10. The van der Waals surface area contributed by atoms with E-state index in [0.29, 0.717) is 32.4 Å². The maximum atomic E-state index is 14.6. The average Bonchev–Trinajstić information content (AvgIpc) is 3.73. The molecule has 3 aliphatic rings. The van der Waals surface area contributed by atoms with Gasteiger partial charge in [0, 0.05) is 50.2 Å². The van der Waals surface area contributed by atoms with Gasteiger partial charge in [-0.2, -0.15) is 0 Å². The van der Waals surface area contributed by atoms with Gasteiger partial charge in [-0.3, -0.25) is 14.4 Å². The summed E-state index contributed by atoms with van der Waals surface area (Å²) in [6, 6.07) is 2.71.